The van der Waals surface area contributed by atoms with Crippen LogP contribution in [0.2, 0.25) is 0 Å². The van der Waals surface area contributed by atoms with E-state index in [-0.39, 0.29) is 26.9 Å². The van der Waals surface area contributed by atoms with Crippen LogP contribution in [0.25, 0.3) is 0 Å². The number of hydrogen-bond acceptors (Lipinski definition) is 4. The first-order valence-corrected chi connectivity index (χ1v) is 4.33. The molecule has 0 aliphatic heterocycles. The zero-order valence-electron chi connectivity index (χ0n) is 7.80. The molecule has 0 heterocycles. The van der Waals surface area contributed by atoms with Gasteiger partial charge in [0, 0.05) is 16.0 Å². The van der Waals surface area contributed by atoms with E-state index >= 15 is 0 Å². The van der Waals surface area contributed by atoms with Gasteiger partial charge < -0.3 is 21.3 Å². The van der Waals surface area contributed by atoms with Crippen molar-refractivity contribution < 1.29 is 29.7 Å². The van der Waals surface area contributed by atoms with Gasteiger partial charge in [-0.3, -0.25) is 0 Å². The van der Waals surface area contributed by atoms with Gasteiger partial charge in [0.1, 0.15) is 0 Å². The number of nitrogens with two attached hydrogens (primary N) is 1. The van der Waals surface area contributed by atoms with E-state index in [1.54, 1.807) is 12.1 Å². The molecule has 0 fully saturated rings. The first kappa shape index (κ1) is 20.6. The van der Waals surface area contributed by atoms with E-state index < -0.39 is 10.3 Å². The molecule has 1 aromatic carbocycles. The van der Waals surface area contributed by atoms with Crippen LogP contribution in [-0.2, 0) is 19.5 Å². The second-order valence-electron chi connectivity index (χ2n) is 2.10. The van der Waals surface area contributed by atoms with E-state index in [1.165, 1.54) is 0 Å². The zero-order valence-corrected chi connectivity index (χ0v) is 12.4. The third kappa shape index (κ3) is 15.7. The summed E-state index contributed by atoms with van der Waals surface area (Å²) in [5.74, 6) is 0. The van der Waals surface area contributed by atoms with Crippen molar-refractivity contribution in [2.24, 2.45) is 5.73 Å². The molecule has 1 rings (SSSR count). The van der Waals surface area contributed by atoms with E-state index in [4.69, 9.17) is 5.11 Å². The maximum absolute atomic E-state index is 10.3. The largest absolute Gasteiger partial charge is 2.00 e. The summed E-state index contributed by atoms with van der Waals surface area (Å²) in [6.07, 6.45) is 0. The number of anilines is 1. The average Bonchev–Trinajstić information content (AvgIpc) is 2.03. The van der Waals surface area contributed by atoms with Crippen molar-refractivity contribution >= 4 is 40.5 Å². The second-order valence-corrected chi connectivity index (χ2v) is 2.87. The van der Waals surface area contributed by atoms with Crippen LogP contribution in [0.4, 0.5) is 5.69 Å². The van der Waals surface area contributed by atoms with Crippen molar-refractivity contribution in [1.29, 1.82) is 0 Å². The number of nitrogens with one attached hydrogen (secondary N) is 1. The minimum absolute atomic E-state index is 0. The van der Waals surface area contributed by atoms with Crippen molar-refractivity contribution in [1.82, 2.24) is 0 Å². The summed E-state index contributed by atoms with van der Waals surface area (Å²) in [6.45, 7) is 0. The van der Waals surface area contributed by atoms with Crippen LogP contribution in [-0.4, -0.2) is 10.3 Å². The van der Waals surface area contributed by atoms with Crippen LogP contribution in [0.3, 0.4) is 0 Å². The summed E-state index contributed by atoms with van der Waals surface area (Å²) in [6, 6.07) is 9.11. The first-order chi connectivity index (χ1) is 6.52. The van der Waals surface area contributed by atoms with Gasteiger partial charge in [-0.1, -0.05) is 50.1 Å². The smallest absolute Gasteiger partial charge is 0.852 e. The molecule has 84 valence electrons. The van der Waals surface area contributed by atoms with E-state index in [0.717, 1.165) is 5.69 Å². The quantitative estimate of drug-likeness (QED) is 0.560. The van der Waals surface area contributed by atoms with E-state index in [1.807, 2.05) is 18.2 Å². The summed E-state index contributed by atoms with van der Waals surface area (Å²) in [5, 5.41) is 20.6. The molecule has 16 heavy (non-hydrogen) atoms. The van der Waals surface area contributed by atoms with Crippen LogP contribution < -0.4 is 21.3 Å². The minimum atomic E-state index is -0.750. The number of para-hydroxylation sites is 1. The van der Waals surface area contributed by atoms with Crippen molar-refractivity contribution in [2.45, 2.75) is 7.43 Å². The molecule has 0 radical (unpaired) electrons. The molecule has 0 spiro atoms. The molecule has 0 aliphatic rings. The predicted octanol–water partition coefficient (Wildman–Crippen LogP) is -0.0324. The molecule has 4 nitrogen and oxygen atoms in total. The summed E-state index contributed by atoms with van der Waals surface area (Å²) in [5.41, 5.74) is 5.03. The maximum Gasteiger partial charge on any atom is 2.00 e. The van der Waals surface area contributed by atoms with Crippen LogP contribution in [0.1, 0.15) is 7.43 Å². The Morgan fingerprint density at radius 3 is 1.81 bits per heavy atom. The van der Waals surface area contributed by atoms with Gasteiger partial charge in [0.25, 0.3) is 0 Å². The summed E-state index contributed by atoms with van der Waals surface area (Å²) in [4.78, 5) is 0. The standard InChI is InChI=1S/C7H7NOS.CH3NOS.CH4.Zn/c9-7(10)8-6-4-2-1-3-5-6;2-1(3)4;;/h1-5H,(H2,8,9,10);(H3,2,3,4);1H4;/q;;;+2/p-2. The Balaban J connectivity index is -0.000000249. The molecule has 0 aromatic heterocycles. The third-order valence-electron chi connectivity index (χ3n) is 1.02. The number of rotatable bonds is 1. The molecule has 0 bridgehead atoms. The number of thiocarbonyl (C=S) groups is 2. The Labute approximate surface area is 119 Å². The van der Waals surface area contributed by atoms with Gasteiger partial charge in [-0.05, 0) is 12.1 Å². The molecule has 0 unspecified atom stereocenters. The minimum Gasteiger partial charge on any atom is -0.852 e. The molecular weight excluding hydrogens is 298 g/mol. The topological polar surface area (TPSA) is 84.2 Å². The molecule has 3 N–H and O–H groups in total. The van der Waals surface area contributed by atoms with Gasteiger partial charge in [0.15, 0.2) is 0 Å². The Hall–Kier alpha value is -0.777. The van der Waals surface area contributed by atoms with Crippen LogP contribution in [0.5, 0.6) is 0 Å². The van der Waals surface area contributed by atoms with Gasteiger partial charge in [0.05, 0.1) is 0 Å². The predicted molar refractivity (Wildman–Crippen MR) is 66.2 cm³/mol. The molecular formula is C9H12N2O2S2Zn. The van der Waals surface area contributed by atoms with E-state index in [9.17, 15) is 5.11 Å². The van der Waals surface area contributed by atoms with Crippen LogP contribution >= 0.6 is 24.4 Å². The first-order valence-electron chi connectivity index (χ1n) is 3.52. The molecule has 0 amide bonds. The SMILES string of the molecule is C.NC([O-])=S.[O-]C(=S)Nc1ccccc1.[Zn+2]. The molecule has 0 atom stereocenters. The van der Waals surface area contributed by atoms with Gasteiger partial charge >= 0.3 is 19.5 Å². The van der Waals surface area contributed by atoms with Crippen LogP contribution in [0.15, 0.2) is 30.3 Å². The van der Waals surface area contributed by atoms with Crippen molar-refractivity contribution in [3.05, 3.63) is 30.3 Å². The van der Waals surface area contributed by atoms with Crippen molar-refractivity contribution in [3.63, 3.8) is 0 Å². The zero-order chi connectivity index (χ0) is 11.0. The number of benzene rings is 1. The molecule has 0 saturated carbocycles. The fourth-order valence-corrected chi connectivity index (χ4v) is 0.757. The van der Waals surface area contributed by atoms with Crippen molar-refractivity contribution in [3.8, 4) is 0 Å². The fraction of sp³-hybridized carbons (Fsp3) is 0.111. The van der Waals surface area contributed by atoms with Gasteiger partial charge in [-0.2, -0.15) is 0 Å². The van der Waals surface area contributed by atoms with E-state index in [0.29, 0.717) is 0 Å². The Morgan fingerprint density at radius 2 is 1.50 bits per heavy atom. The van der Waals surface area contributed by atoms with Gasteiger partial charge in [0.2, 0.25) is 0 Å². The average molecular weight is 310 g/mol. The summed E-state index contributed by atoms with van der Waals surface area (Å²) in [7, 11) is 0. The molecule has 7 heteroatoms. The maximum atomic E-state index is 10.3. The van der Waals surface area contributed by atoms with Crippen LogP contribution in [0, 0.1) is 0 Å². The normalized spacial score (nSPS) is 7.00. The second kappa shape index (κ2) is 12.3. The Morgan fingerprint density at radius 1 is 1.12 bits per heavy atom. The Bertz CT molecular complexity index is 306. The molecule has 0 aliphatic carbocycles. The third-order valence-corrected chi connectivity index (χ3v) is 1.12. The monoisotopic (exact) mass is 308 g/mol. The van der Waals surface area contributed by atoms with Gasteiger partial charge in [-0.15, -0.1) is 0 Å². The Kier molecular flexibility index (Phi) is 15.8. The van der Waals surface area contributed by atoms with E-state index in [2.05, 4.69) is 35.5 Å². The molecule has 1 aromatic rings. The molecule has 0 saturated heterocycles. The summed E-state index contributed by atoms with van der Waals surface area (Å²) >= 11 is 8.07. The fourth-order valence-electron chi connectivity index (χ4n) is 0.639. The van der Waals surface area contributed by atoms with Gasteiger partial charge in [-0.25, -0.2) is 0 Å². The number of hydrogen-bond donors (Lipinski definition) is 2. The van der Waals surface area contributed by atoms with Crippen molar-refractivity contribution in [2.75, 3.05) is 5.32 Å². The summed E-state index contributed by atoms with van der Waals surface area (Å²) < 4.78 is 0.